The zero-order chi connectivity index (χ0) is 34.3. The van der Waals surface area contributed by atoms with Gasteiger partial charge >= 0.3 is 0 Å². The Bertz CT molecular complexity index is 3180. The van der Waals surface area contributed by atoms with Crippen molar-refractivity contribution in [2.75, 3.05) is 0 Å². The van der Waals surface area contributed by atoms with Gasteiger partial charge < -0.3 is 4.57 Å². The largest absolute Gasteiger partial charge is 0.309 e. The second-order valence-electron chi connectivity index (χ2n) is 15.2. The average molecular weight is 660 g/mol. The number of fused-ring (bicyclic) bond motifs is 14. The molecule has 242 valence electrons. The lowest BCUT2D eigenvalue weighted by Gasteiger charge is -2.24. The van der Waals surface area contributed by atoms with Crippen LogP contribution >= 0.6 is 0 Å². The highest BCUT2D eigenvalue weighted by molar-refractivity contribution is 6.27. The van der Waals surface area contributed by atoms with Crippen molar-refractivity contribution in [2.24, 2.45) is 0 Å². The molecule has 2 aliphatic rings. The minimum absolute atomic E-state index is 0.119. The van der Waals surface area contributed by atoms with Crippen LogP contribution in [0.3, 0.4) is 0 Å². The molecule has 0 radical (unpaired) electrons. The Labute approximate surface area is 302 Å². The molecule has 0 atom stereocenters. The summed E-state index contributed by atoms with van der Waals surface area (Å²) in [5.74, 6) is 0. The number of hydrogen-bond acceptors (Lipinski definition) is 0. The predicted molar refractivity (Wildman–Crippen MR) is 221 cm³/mol. The van der Waals surface area contributed by atoms with E-state index in [2.05, 4.69) is 182 Å². The molecular formula is C51H33N. The SMILES string of the molecule is CC1(C)c2ccccc2-c2c1c1ccccc1c1c3ccccc3n(-c3ccc4cc(-c5ccc6c7c(cccc57)-c5ccccc5-6)ccc4c3)c21. The lowest BCUT2D eigenvalue weighted by Crippen LogP contribution is -2.15. The molecule has 1 nitrogen and oxygen atoms in total. The zero-order valence-electron chi connectivity index (χ0n) is 29.0. The van der Waals surface area contributed by atoms with Gasteiger partial charge in [-0.1, -0.05) is 153 Å². The third-order valence-corrected chi connectivity index (χ3v) is 12.3. The molecule has 0 N–H and O–H groups in total. The van der Waals surface area contributed by atoms with Gasteiger partial charge in [0.1, 0.15) is 0 Å². The van der Waals surface area contributed by atoms with Crippen LogP contribution in [0.1, 0.15) is 25.0 Å². The monoisotopic (exact) mass is 659 g/mol. The summed E-state index contributed by atoms with van der Waals surface area (Å²) in [4.78, 5) is 0. The van der Waals surface area contributed by atoms with Gasteiger partial charge in [0.25, 0.3) is 0 Å². The van der Waals surface area contributed by atoms with Crippen LogP contribution < -0.4 is 0 Å². The summed E-state index contributed by atoms with van der Waals surface area (Å²) in [6, 6.07) is 61.4. The fraction of sp³-hybridized carbons (Fsp3) is 0.0588. The van der Waals surface area contributed by atoms with E-state index in [9.17, 15) is 0 Å². The molecule has 52 heavy (non-hydrogen) atoms. The number of para-hydroxylation sites is 1. The minimum atomic E-state index is -0.119. The molecule has 9 aromatic carbocycles. The van der Waals surface area contributed by atoms with Gasteiger partial charge in [0.15, 0.2) is 0 Å². The van der Waals surface area contributed by atoms with Crippen molar-refractivity contribution in [3.63, 3.8) is 0 Å². The van der Waals surface area contributed by atoms with Crippen molar-refractivity contribution in [3.8, 4) is 50.2 Å². The van der Waals surface area contributed by atoms with Crippen LogP contribution in [0.25, 0.3) is 104 Å². The highest BCUT2D eigenvalue weighted by Crippen LogP contribution is 2.56. The molecule has 0 unspecified atom stereocenters. The molecule has 1 aromatic heterocycles. The van der Waals surface area contributed by atoms with Crippen LogP contribution in [-0.2, 0) is 5.41 Å². The first-order valence-electron chi connectivity index (χ1n) is 18.4. The van der Waals surface area contributed by atoms with Crippen molar-refractivity contribution in [1.82, 2.24) is 4.57 Å². The second-order valence-corrected chi connectivity index (χ2v) is 15.2. The summed E-state index contributed by atoms with van der Waals surface area (Å²) < 4.78 is 2.54. The lowest BCUT2D eigenvalue weighted by molar-refractivity contribution is 0.666. The van der Waals surface area contributed by atoms with E-state index in [1.165, 1.54) is 115 Å². The normalized spacial score (nSPS) is 13.7. The molecular weight excluding hydrogens is 627 g/mol. The van der Waals surface area contributed by atoms with Gasteiger partial charge in [-0.25, -0.2) is 0 Å². The van der Waals surface area contributed by atoms with E-state index in [0.717, 1.165) is 0 Å². The quantitative estimate of drug-likeness (QED) is 0.174. The van der Waals surface area contributed by atoms with Crippen LogP contribution in [0, 0.1) is 0 Å². The van der Waals surface area contributed by atoms with Crippen LogP contribution in [0.15, 0.2) is 164 Å². The van der Waals surface area contributed by atoms with Crippen molar-refractivity contribution >= 4 is 54.1 Å². The highest BCUT2D eigenvalue weighted by atomic mass is 15.0. The molecule has 1 heterocycles. The van der Waals surface area contributed by atoms with Gasteiger partial charge in [0, 0.05) is 27.4 Å². The van der Waals surface area contributed by atoms with Gasteiger partial charge in [-0.3, -0.25) is 0 Å². The molecule has 12 rings (SSSR count). The summed E-state index contributed by atoms with van der Waals surface area (Å²) >= 11 is 0. The highest BCUT2D eigenvalue weighted by Gasteiger charge is 2.39. The molecule has 0 saturated heterocycles. The first kappa shape index (κ1) is 28.3. The zero-order valence-corrected chi connectivity index (χ0v) is 29.0. The number of hydrogen-bond donors (Lipinski definition) is 0. The van der Waals surface area contributed by atoms with E-state index >= 15 is 0 Å². The summed E-state index contributed by atoms with van der Waals surface area (Å²) in [6.07, 6.45) is 0. The maximum atomic E-state index is 2.54. The molecule has 0 amide bonds. The Morgan fingerprint density at radius 1 is 0.423 bits per heavy atom. The molecule has 0 saturated carbocycles. The van der Waals surface area contributed by atoms with Gasteiger partial charge in [-0.05, 0) is 107 Å². The van der Waals surface area contributed by atoms with Crippen molar-refractivity contribution in [1.29, 1.82) is 0 Å². The summed E-state index contributed by atoms with van der Waals surface area (Å²) in [7, 11) is 0. The maximum Gasteiger partial charge on any atom is 0.0629 e. The summed E-state index contributed by atoms with van der Waals surface area (Å²) in [5.41, 5.74) is 17.0. The standard InChI is InChI=1S/C51H33N/c1-51(2)44-20-9-7-16-42(44)48-49(51)41-15-6-5-14-39(41)47-43-17-8-10-21-45(43)52(50(47)48)33-25-24-30-28-32(23-22-31(30)29-33)34-26-27-40-36-13-4-3-12-35(36)38-19-11-18-37(34)46(38)40/h3-29H,1-2H3. The molecule has 0 aliphatic heterocycles. The second kappa shape index (κ2) is 9.87. The van der Waals surface area contributed by atoms with Gasteiger partial charge in [0.2, 0.25) is 0 Å². The Kier molecular flexibility index (Phi) is 5.37. The van der Waals surface area contributed by atoms with Crippen molar-refractivity contribution < 1.29 is 0 Å². The Morgan fingerprint density at radius 2 is 1.04 bits per heavy atom. The number of benzene rings is 9. The van der Waals surface area contributed by atoms with Crippen molar-refractivity contribution in [2.45, 2.75) is 19.3 Å². The predicted octanol–water partition coefficient (Wildman–Crippen LogP) is 13.9. The first-order chi connectivity index (χ1) is 25.6. The van der Waals surface area contributed by atoms with Crippen LogP contribution in [-0.4, -0.2) is 4.57 Å². The Morgan fingerprint density at radius 3 is 1.88 bits per heavy atom. The molecule has 0 spiro atoms. The Balaban J connectivity index is 1.10. The Hall–Kier alpha value is -6.44. The van der Waals surface area contributed by atoms with Crippen LogP contribution in [0.4, 0.5) is 0 Å². The fourth-order valence-electron chi connectivity index (χ4n) is 10.1. The van der Waals surface area contributed by atoms with Crippen LogP contribution in [0.2, 0.25) is 0 Å². The van der Waals surface area contributed by atoms with E-state index in [1.807, 2.05) is 0 Å². The summed E-state index contributed by atoms with van der Waals surface area (Å²) in [6.45, 7) is 4.80. The van der Waals surface area contributed by atoms with Gasteiger partial charge in [-0.15, -0.1) is 0 Å². The molecule has 10 aromatic rings. The molecule has 1 heteroatoms. The first-order valence-corrected chi connectivity index (χ1v) is 18.4. The van der Waals surface area contributed by atoms with E-state index in [4.69, 9.17) is 0 Å². The van der Waals surface area contributed by atoms with Gasteiger partial charge in [0.05, 0.1) is 11.0 Å². The molecule has 0 bridgehead atoms. The van der Waals surface area contributed by atoms with E-state index in [-0.39, 0.29) is 5.41 Å². The summed E-state index contributed by atoms with van der Waals surface area (Å²) in [5, 5.41) is 10.5. The molecule has 0 fully saturated rings. The van der Waals surface area contributed by atoms with Gasteiger partial charge in [-0.2, -0.15) is 0 Å². The maximum absolute atomic E-state index is 2.54. The lowest BCUT2D eigenvalue weighted by atomic mass is 9.79. The number of nitrogens with zero attached hydrogens (tertiary/aromatic N) is 1. The van der Waals surface area contributed by atoms with Crippen molar-refractivity contribution in [3.05, 3.63) is 175 Å². The average Bonchev–Trinajstić information content (AvgIpc) is 3.79. The fourth-order valence-corrected chi connectivity index (χ4v) is 10.1. The van der Waals surface area contributed by atoms with Crippen LogP contribution in [0.5, 0.6) is 0 Å². The number of aromatic nitrogens is 1. The minimum Gasteiger partial charge on any atom is -0.309 e. The molecule has 2 aliphatic carbocycles. The third kappa shape index (κ3) is 3.48. The smallest absolute Gasteiger partial charge is 0.0629 e. The number of rotatable bonds is 2. The van der Waals surface area contributed by atoms with E-state index in [0.29, 0.717) is 0 Å². The topological polar surface area (TPSA) is 4.93 Å². The third-order valence-electron chi connectivity index (χ3n) is 12.3. The van der Waals surface area contributed by atoms with E-state index < -0.39 is 0 Å². The van der Waals surface area contributed by atoms with E-state index in [1.54, 1.807) is 0 Å².